The molecule has 96 valence electrons. The number of hydrogen-bond donors (Lipinski definition) is 1. The normalized spacial score (nSPS) is 11.6. The fourth-order valence-corrected chi connectivity index (χ4v) is 1.41. The van der Waals surface area contributed by atoms with Gasteiger partial charge in [-0.3, -0.25) is 4.79 Å². The fourth-order valence-electron chi connectivity index (χ4n) is 1.25. The second-order valence-corrected chi connectivity index (χ2v) is 3.55. The van der Waals surface area contributed by atoms with Crippen LogP contribution in [0.4, 0.5) is 8.78 Å². The zero-order valence-corrected chi connectivity index (χ0v) is 10.4. The summed E-state index contributed by atoms with van der Waals surface area (Å²) in [6, 6.07) is 0.963. The van der Waals surface area contributed by atoms with Crippen molar-refractivity contribution in [2.75, 3.05) is 7.11 Å². The predicted molar refractivity (Wildman–Crippen MR) is 62.2 cm³/mol. The Kier molecular flexibility index (Phi) is 6.37. The Bertz CT molecular complexity index is 416. The molecule has 0 spiro atoms. The molecule has 7 heteroatoms. The van der Waals surface area contributed by atoms with Gasteiger partial charge in [-0.15, -0.1) is 12.4 Å². The highest BCUT2D eigenvalue weighted by Crippen LogP contribution is 2.26. The summed E-state index contributed by atoms with van der Waals surface area (Å²) in [4.78, 5) is 10.9. The molecule has 0 saturated carbocycles. The van der Waals surface area contributed by atoms with E-state index in [-0.39, 0.29) is 23.9 Å². The molecule has 0 saturated heterocycles. The Hall–Kier alpha value is -0.910. The smallest absolute Gasteiger partial charge is 0.307 e. The highest BCUT2D eigenvalue weighted by molar-refractivity contribution is 6.30. The summed E-state index contributed by atoms with van der Waals surface area (Å²) in [7, 11) is 1.17. The molecule has 1 rings (SSSR count). The van der Waals surface area contributed by atoms with Crippen molar-refractivity contribution in [3.05, 3.63) is 34.4 Å². The summed E-state index contributed by atoms with van der Waals surface area (Å²) in [5, 5.41) is -0.239. The van der Waals surface area contributed by atoms with Gasteiger partial charge in [0.2, 0.25) is 0 Å². The van der Waals surface area contributed by atoms with Crippen molar-refractivity contribution in [1.82, 2.24) is 0 Å². The third kappa shape index (κ3) is 3.80. The lowest BCUT2D eigenvalue weighted by molar-refractivity contribution is -0.141. The van der Waals surface area contributed by atoms with Crippen LogP contribution in [0.3, 0.4) is 0 Å². The first-order valence-electron chi connectivity index (χ1n) is 4.43. The number of halogens is 4. The Morgan fingerprint density at radius 1 is 1.53 bits per heavy atom. The molecule has 0 radical (unpaired) electrons. The van der Waals surface area contributed by atoms with E-state index >= 15 is 0 Å². The fraction of sp³-hybridized carbons (Fsp3) is 0.300. The molecule has 3 nitrogen and oxygen atoms in total. The SMILES string of the molecule is COC(=O)C[C@H](N)c1c(F)ccc(Cl)c1F.Cl. The number of methoxy groups -OCH3 is 1. The number of rotatable bonds is 3. The molecule has 2 N–H and O–H groups in total. The molecule has 0 aliphatic rings. The van der Waals surface area contributed by atoms with Crippen LogP contribution in [0.5, 0.6) is 0 Å². The van der Waals surface area contributed by atoms with Crippen molar-refractivity contribution in [3.8, 4) is 0 Å². The summed E-state index contributed by atoms with van der Waals surface area (Å²) in [5.74, 6) is -2.43. The molecular formula is C10H11Cl2F2NO2. The van der Waals surface area contributed by atoms with Gasteiger partial charge in [0.15, 0.2) is 0 Å². The number of carbonyl (C=O) groups excluding carboxylic acids is 1. The topological polar surface area (TPSA) is 52.3 Å². The average molecular weight is 286 g/mol. The van der Waals surface area contributed by atoms with Gasteiger partial charge in [-0.1, -0.05) is 11.6 Å². The van der Waals surface area contributed by atoms with E-state index in [4.69, 9.17) is 17.3 Å². The lowest BCUT2D eigenvalue weighted by Crippen LogP contribution is -2.19. The molecule has 17 heavy (non-hydrogen) atoms. The van der Waals surface area contributed by atoms with Gasteiger partial charge in [0.1, 0.15) is 11.6 Å². The number of esters is 1. The molecule has 0 unspecified atom stereocenters. The highest BCUT2D eigenvalue weighted by Gasteiger charge is 2.21. The summed E-state index contributed by atoms with van der Waals surface area (Å²) < 4.78 is 31.1. The number of hydrogen-bond acceptors (Lipinski definition) is 3. The summed E-state index contributed by atoms with van der Waals surface area (Å²) in [6.45, 7) is 0. The van der Waals surface area contributed by atoms with Crippen LogP contribution < -0.4 is 5.73 Å². The van der Waals surface area contributed by atoms with Crippen molar-refractivity contribution in [1.29, 1.82) is 0 Å². The molecule has 1 aromatic rings. The van der Waals surface area contributed by atoms with Gasteiger partial charge in [0.05, 0.1) is 18.6 Å². The van der Waals surface area contributed by atoms with E-state index in [0.717, 1.165) is 12.1 Å². The van der Waals surface area contributed by atoms with E-state index < -0.39 is 29.2 Å². The van der Waals surface area contributed by atoms with E-state index in [1.165, 1.54) is 7.11 Å². The van der Waals surface area contributed by atoms with Gasteiger partial charge < -0.3 is 10.5 Å². The third-order valence-corrected chi connectivity index (χ3v) is 2.36. The van der Waals surface area contributed by atoms with Crippen LogP contribution in [0.2, 0.25) is 5.02 Å². The monoisotopic (exact) mass is 285 g/mol. The van der Waals surface area contributed by atoms with Crippen molar-refractivity contribution < 1.29 is 18.3 Å². The minimum Gasteiger partial charge on any atom is -0.469 e. The quantitative estimate of drug-likeness (QED) is 0.686. The Balaban J connectivity index is 0.00000256. The Morgan fingerprint density at radius 2 is 2.12 bits per heavy atom. The molecule has 0 bridgehead atoms. The second kappa shape index (κ2) is 6.74. The lowest BCUT2D eigenvalue weighted by atomic mass is 10.0. The third-order valence-electron chi connectivity index (χ3n) is 2.06. The maximum atomic E-state index is 13.5. The molecule has 0 heterocycles. The molecule has 0 aliphatic heterocycles. The standard InChI is InChI=1S/C10H10ClF2NO2.ClH/c1-16-8(15)4-7(14)9-6(12)3-2-5(11)10(9)13;/h2-3,7H,4,14H2,1H3;1H/t7-;/m0./s1. The van der Waals surface area contributed by atoms with Crippen molar-refractivity contribution in [3.63, 3.8) is 0 Å². The van der Waals surface area contributed by atoms with E-state index in [1.54, 1.807) is 0 Å². The largest absolute Gasteiger partial charge is 0.469 e. The first-order valence-corrected chi connectivity index (χ1v) is 4.81. The van der Waals surface area contributed by atoms with E-state index in [2.05, 4.69) is 4.74 Å². The van der Waals surface area contributed by atoms with Gasteiger partial charge in [-0.2, -0.15) is 0 Å². The number of benzene rings is 1. The number of nitrogens with two attached hydrogens (primary N) is 1. The van der Waals surface area contributed by atoms with Crippen LogP contribution in [-0.4, -0.2) is 13.1 Å². The minimum atomic E-state index is -1.12. The zero-order chi connectivity index (χ0) is 12.3. The zero-order valence-electron chi connectivity index (χ0n) is 8.88. The molecular weight excluding hydrogens is 275 g/mol. The maximum absolute atomic E-state index is 13.5. The van der Waals surface area contributed by atoms with E-state index in [9.17, 15) is 13.6 Å². The average Bonchev–Trinajstić information content (AvgIpc) is 2.24. The van der Waals surface area contributed by atoms with Gasteiger partial charge in [-0.25, -0.2) is 8.78 Å². The molecule has 0 aromatic heterocycles. The molecule has 1 aromatic carbocycles. The maximum Gasteiger partial charge on any atom is 0.307 e. The van der Waals surface area contributed by atoms with Crippen LogP contribution in [-0.2, 0) is 9.53 Å². The van der Waals surface area contributed by atoms with Crippen LogP contribution in [0.15, 0.2) is 12.1 Å². The first-order chi connectivity index (χ1) is 7.47. The predicted octanol–water partition coefficient (Wildman–Crippen LogP) is 2.60. The van der Waals surface area contributed by atoms with Gasteiger partial charge in [0, 0.05) is 11.6 Å². The van der Waals surface area contributed by atoms with Crippen LogP contribution in [0.1, 0.15) is 18.0 Å². The minimum absolute atomic E-state index is 0. The van der Waals surface area contributed by atoms with Crippen LogP contribution >= 0.6 is 24.0 Å². The van der Waals surface area contributed by atoms with Crippen molar-refractivity contribution >= 4 is 30.0 Å². The van der Waals surface area contributed by atoms with Crippen molar-refractivity contribution in [2.45, 2.75) is 12.5 Å². The summed E-state index contributed by atoms with van der Waals surface area (Å²) in [6.07, 6.45) is -0.315. The molecule has 1 atom stereocenters. The van der Waals surface area contributed by atoms with E-state index in [1.807, 2.05) is 0 Å². The first kappa shape index (κ1) is 16.1. The van der Waals surface area contributed by atoms with E-state index in [0.29, 0.717) is 0 Å². The van der Waals surface area contributed by atoms with Crippen LogP contribution in [0, 0.1) is 11.6 Å². The molecule has 0 fully saturated rings. The lowest BCUT2D eigenvalue weighted by Gasteiger charge is -2.13. The second-order valence-electron chi connectivity index (χ2n) is 3.14. The number of carbonyl (C=O) groups is 1. The number of ether oxygens (including phenoxy) is 1. The van der Waals surface area contributed by atoms with Gasteiger partial charge in [0.25, 0.3) is 0 Å². The van der Waals surface area contributed by atoms with Gasteiger partial charge in [-0.05, 0) is 12.1 Å². The summed E-state index contributed by atoms with van der Waals surface area (Å²) in [5.41, 5.74) is 5.10. The highest BCUT2D eigenvalue weighted by atomic mass is 35.5. The Morgan fingerprint density at radius 3 is 2.65 bits per heavy atom. The van der Waals surface area contributed by atoms with Crippen molar-refractivity contribution in [2.24, 2.45) is 5.73 Å². The summed E-state index contributed by atoms with van der Waals surface area (Å²) >= 11 is 5.49. The Labute approximate surface area is 108 Å². The van der Waals surface area contributed by atoms with Gasteiger partial charge >= 0.3 is 5.97 Å². The molecule has 0 aliphatic carbocycles. The van der Waals surface area contributed by atoms with Crippen LogP contribution in [0.25, 0.3) is 0 Å². The molecule has 0 amide bonds.